The first-order valence-electron chi connectivity index (χ1n) is 4.30. The van der Waals surface area contributed by atoms with Crippen LogP contribution in [0.4, 0.5) is 24.7 Å². The Balaban J connectivity index is 2.87. The summed E-state index contributed by atoms with van der Waals surface area (Å²) in [6.45, 7) is 6.85. The van der Waals surface area contributed by atoms with Gasteiger partial charge in [0.05, 0.1) is 12.1 Å². The van der Waals surface area contributed by atoms with Crippen LogP contribution >= 0.6 is 0 Å². The number of halogens is 3. The van der Waals surface area contributed by atoms with Crippen molar-refractivity contribution in [2.75, 3.05) is 5.73 Å². The number of rotatable bonds is 0. The van der Waals surface area contributed by atoms with Crippen LogP contribution in [0.25, 0.3) is 15.7 Å². The maximum atomic E-state index is 12.6. The van der Waals surface area contributed by atoms with E-state index in [1.807, 2.05) is 0 Å². The zero-order valence-corrected chi connectivity index (χ0v) is 7.89. The van der Waals surface area contributed by atoms with E-state index in [4.69, 9.17) is 12.3 Å². The molecule has 0 amide bonds. The van der Waals surface area contributed by atoms with Crippen molar-refractivity contribution >= 4 is 22.4 Å². The molecule has 0 atom stereocenters. The lowest BCUT2D eigenvalue weighted by Gasteiger charge is -2.07. The van der Waals surface area contributed by atoms with Crippen molar-refractivity contribution in [2.45, 2.75) is 6.18 Å². The Morgan fingerprint density at radius 1 is 1.31 bits per heavy atom. The first kappa shape index (κ1) is 10.4. The van der Waals surface area contributed by atoms with Gasteiger partial charge in [-0.2, -0.15) is 13.2 Å². The molecule has 0 saturated carbocycles. The molecule has 0 unspecified atom stereocenters. The van der Waals surface area contributed by atoms with Crippen molar-refractivity contribution in [2.24, 2.45) is 0 Å². The summed E-state index contributed by atoms with van der Waals surface area (Å²) in [6.07, 6.45) is -4.46. The first-order valence-corrected chi connectivity index (χ1v) is 4.30. The van der Waals surface area contributed by atoms with Crippen molar-refractivity contribution in [3.05, 3.63) is 35.2 Å². The second-order valence-corrected chi connectivity index (χ2v) is 3.22. The molecule has 0 radical (unpaired) electrons. The third-order valence-corrected chi connectivity index (χ3v) is 2.25. The number of nitrogen functional groups attached to an aromatic ring is 1. The number of fused-ring (bicyclic) bond motifs is 1. The Hall–Kier alpha value is -2.16. The summed E-state index contributed by atoms with van der Waals surface area (Å²) in [5.74, 6) is -0.0401. The SMILES string of the molecule is [C-]#[N+]c1c(N)[nH]c2c(C(F)(F)F)cccc12. The maximum Gasteiger partial charge on any atom is 0.418 e. The molecule has 3 N–H and O–H groups in total. The highest BCUT2D eigenvalue weighted by Gasteiger charge is 2.33. The van der Waals surface area contributed by atoms with E-state index in [2.05, 4.69) is 9.83 Å². The number of hydrogen-bond acceptors (Lipinski definition) is 1. The summed E-state index contributed by atoms with van der Waals surface area (Å²) in [5, 5.41) is 0.197. The highest BCUT2D eigenvalue weighted by Crippen LogP contribution is 2.39. The van der Waals surface area contributed by atoms with Crippen LogP contribution in [0.3, 0.4) is 0 Å². The number of nitrogens with two attached hydrogens (primary N) is 1. The molecular weight excluding hydrogens is 219 g/mol. The lowest BCUT2D eigenvalue weighted by Crippen LogP contribution is -2.05. The van der Waals surface area contributed by atoms with Crippen LogP contribution in [-0.2, 0) is 6.18 Å². The molecule has 6 heteroatoms. The molecule has 0 spiro atoms. The van der Waals surface area contributed by atoms with E-state index in [0.717, 1.165) is 6.07 Å². The second-order valence-electron chi connectivity index (χ2n) is 3.22. The summed E-state index contributed by atoms with van der Waals surface area (Å²) >= 11 is 0. The Morgan fingerprint density at radius 2 is 2.00 bits per heavy atom. The van der Waals surface area contributed by atoms with E-state index in [9.17, 15) is 13.2 Å². The highest BCUT2D eigenvalue weighted by molar-refractivity contribution is 6.01. The van der Waals surface area contributed by atoms with Gasteiger partial charge in [0.25, 0.3) is 0 Å². The summed E-state index contributed by atoms with van der Waals surface area (Å²) < 4.78 is 37.9. The molecule has 0 fully saturated rings. The van der Waals surface area contributed by atoms with Gasteiger partial charge in [-0.3, -0.25) is 0 Å². The Labute approximate surface area is 88.5 Å². The fourth-order valence-corrected chi connectivity index (χ4v) is 1.58. The van der Waals surface area contributed by atoms with Gasteiger partial charge in [0.1, 0.15) is 5.82 Å². The number of nitrogens with zero attached hydrogens (tertiary/aromatic N) is 1. The molecule has 82 valence electrons. The number of benzene rings is 1. The van der Waals surface area contributed by atoms with Crippen molar-refractivity contribution in [3.63, 3.8) is 0 Å². The fourth-order valence-electron chi connectivity index (χ4n) is 1.58. The summed E-state index contributed by atoms with van der Waals surface area (Å²) in [4.78, 5) is 5.50. The predicted octanol–water partition coefficient (Wildman–Crippen LogP) is 3.32. The third-order valence-electron chi connectivity index (χ3n) is 2.25. The monoisotopic (exact) mass is 225 g/mol. The van der Waals surface area contributed by atoms with Crippen molar-refractivity contribution in [1.82, 2.24) is 4.98 Å². The number of alkyl halides is 3. The third kappa shape index (κ3) is 1.37. The molecule has 16 heavy (non-hydrogen) atoms. The minimum Gasteiger partial charge on any atom is -0.394 e. The van der Waals surface area contributed by atoms with Crippen molar-refractivity contribution in [1.29, 1.82) is 0 Å². The average molecular weight is 225 g/mol. The fraction of sp³-hybridized carbons (Fsp3) is 0.100. The largest absolute Gasteiger partial charge is 0.418 e. The molecule has 2 aromatic rings. The predicted molar refractivity (Wildman–Crippen MR) is 54.0 cm³/mol. The Morgan fingerprint density at radius 3 is 2.56 bits per heavy atom. The number of para-hydroxylation sites is 1. The first-order chi connectivity index (χ1) is 7.45. The van der Waals surface area contributed by atoms with Gasteiger partial charge in [-0.05, 0) is 6.07 Å². The molecule has 0 aliphatic heterocycles. The van der Waals surface area contributed by atoms with Crippen LogP contribution in [-0.4, -0.2) is 4.98 Å². The quantitative estimate of drug-likeness (QED) is 0.664. The second kappa shape index (κ2) is 3.17. The lowest BCUT2D eigenvalue weighted by molar-refractivity contribution is -0.136. The zero-order chi connectivity index (χ0) is 11.9. The standard InChI is InChI=1S/C10H6F3N3/c1-15-8-5-3-2-4-6(10(11,12)13)7(5)16-9(8)14/h2-4,16H,14H2. The normalized spacial score (nSPS) is 11.6. The van der Waals surface area contributed by atoms with Gasteiger partial charge >= 0.3 is 6.18 Å². The molecule has 0 aliphatic rings. The number of hydrogen-bond donors (Lipinski definition) is 2. The molecule has 0 saturated heterocycles. The van der Waals surface area contributed by atoms with E-state index >= 15 is 0 Å². The van der Waals surface area contributed by atoms with E-state index in [-0.39, 0.29) is 22.4 Å². The van der Waals surface area contributed by atoms with E-state index in [0.29, 0.717) is 0 Å². The number of anilines is 1. The van der Waals surface area contributed by atoms with Crippen LogP contribution < -0.4 is 5.73 Å². The van der Waals surface area contributed by atoms with Gasteiger partial charge in [-0.1, -0.05) is 12.1 Å². The van der Waals surface area contributed by atoms with Gasteiger partial charge in [-0.25, -0.2) is 4.85 Å². The van der Waals surface area contributed by atoms with Crippen LogP contribution in [0.15, 0.2) is 18.2 Å². The maximum absolute atomic E-state index is 12.6. The van der Waals surface area contributed by atoms with E-state index in [1.54, 1.807) is 0 Å². The molecule has 1 aromatic heterocycles. The highest BCUT2D eigenvalue weighted by atomic mass is 19.4. The zero-order valence-electron chi connectivity index (χ0n) is 7.89. The number of aromatic nitrogens is 1. The molecule has 0 aliphatic carbocycles. The van der Waals surface area contributed by atoms with Gasteiger partial charge in [0.15, 0.2) is 0 Å². The van der Waals surface area contributed by atoms with Crippen LogP contribution in [0.2, 0.25) is 0 Å². The number of H-pyrrole nitrogens is 1. The summed E-state index contributed by atoms with van der Waals surface area (Å²) in [5.41, 5.74) is 4.51. The van der Waals surface area contributed by atoms with Gasteiger partial charge in [-0.15, -0.1) is 0 Å². The molecule has 1 heterocycles. The summed E-state index contributed by atoms with van der Waals surface area (Å²) in [6, 6.07) is 3.64. The summed E-state index contributed by atoms with van der Waals surface area (Å²) in [7, 11) is 0. The average Bonchev–Trinajstić information content (AvgIpc) is 2.50. The molecule has 0 bridgehead atoms. The van der Waals surface area contributed by atoms with Gasteiger partial charge in [0, 0.05) is 10.9 Å². The smallest absolute Gasteiger partial charge is 0.394 e. The topological polar surface area (TPSA) is 46.2 Å². The molecule has 1 aromatic carbocycles. The number of nitrogens with one attached hydrogen (secondary N) is 1. The molecule has 3 nitrogen and oxygen atoms in total. The van der Waals surface area contributed by atoms with Gasteiger partial charge in [0.2, 0.25) is 5.69 Å². The minimum absolute atomic E-state index is 0.0288. The van der Waals surface area contributed by atoms with Crippen LogP contribution in [0, 0.1) is 6.57 Å². The Kier molecular flexibility index (Phi) is 2.05. The van der Waals surface area contributed by atoms with E-state index < -0.39 is 11.7 Å². The molecular formula is C10H6F3N3. The van der Waals surface area contributed by atoms with Crippen molar-refractivity contribution < 1.29 is 13.2 Å². The van der Waals surface area contributed by atoms with E-state index in [1.165, 1.54) is 12.1 Å². The van der Waals surface area contributed by atoms with Crippen LogP contribution in [0.1, 0.15) is 5.56 Å². The lowest BCUT2D eigenvalue weighted by atomic mass is 10.1. The number of aromatic amines is 1. The molecule has 2 rings (SSSR count). The van der Waals surface area contributed by atoms with Crippen LogP contribution in [0.5, 0.6) is 0 Å². The van der Waals surface area contributed by atoms with Gasteiger partial charge < -0.3 is 10.7 Å². The minimum atomic E-state index is -4.46. The Bertz CT molecular complexity index is 590. The van der Waals surface area contributed by atoms with Crippen molar-refractivity contribution in [3.8, 4) is 0 Å².